The van der Waals surface area contributed by atoms with Gasteiger partial charge in [0.15, 0.2) is 36.1 Å². The van der Waals surface area contributed by atoms with Crippen molar-refractivity contribution in [2.75, 3.05) is 18.1 Å². The van der Waals surface area contributed by atoms with Gasteiger partial charge in [0.1, 0.15) is 23.8 Å². The monoisotopic (exact) mass is 1040 g/mol. The van der Waals surface area contributed by atoms with Gasteiger partial charge in [-0.15, -0.1) is 0 Å². The second-order valence-corrected chi connectivity index (χ2v) is 17.4. The first-order valence-electron chi connectivity index (χ1n) is 22.1. The summed E-state index contributed by atoms with van der Waals surface area (Å²) in [7, 11) is 0. The average Bonchev–Trinajstić information content (AvgIpc) is 3.77. The fourth-order valence-corrected chi connectivity index (χ4v) is 8.09. The van der Waals surface area contributed by atoms with Crippen LogP contribution in [0.2, 0.25) is 0 Å². The standard InChI is InChI=1S/C18H19F2N3O4.C18H18F2N2O5.C10H13F2N3O4/c1-3-18(20)14(19)17(2,26-13(24)11-7-5-4-6-8-11)15(27-18)23-10-9-12(21)22-16(23)25;1-3-18(20)14(19)17(2,26-13(24)11-7-5-4-6-8-11)15(27-18)22-10-9-12(23)21-16(22)25;1-9(18)6(11)10(12,4-16)19-7(9)15-3-2-5(13)14-8(15)17/h4-10,14-15H,3H2,1-2H3,(H2,21,22,25);4-10,14-15H,3H2,1-2H3,(H,21,23,25);2-3,6-7,16,18H,4H2,1H3,(H2,13,14,17)/t2*14-,15+,17+,18+;6-,7+,9+,10+/m000/s1. The summed E-state index contributed by atoms with van der Waals surface area (Å²) < 4.78 is 116. The van der Waals surface area contributed by atoms with E-state index in [1.54, 1.807) is 36.4 Å². The molecule has 21 nitrogen and oxygen atoms in total. The van der Waals surface area contributed by atoms with E-state index in [2.05, 4.69) is 14.7 Å². The van der Waals surface area contributed by atoms with Crippen LogP contribution in [0.3, 0.4) is 0 Å². The third-order valence-corrected chi connectivity index (χ3v) is 12.2. The maximum atomic E-state index is 15.1. The van der Waals surface area contributed by atoms with Crippen LogP contribution >= 0.6 is 0 Å². The molecule has 8 rings (SSSR count). The number of carbonyl (C=O) groups excluding carboxylic acids is 2. The highest BCUT2D eigenvalue weighted by molar-refractivity contribution is 5.90. The number of hydrogen-bond donors (Lipinski definition) is 5. The molecule has 7 N–H and O–H groups in total. The number of H-pyrrole nitrogens is 1. The molecule has 12 atom stereocenters. The third-order valence-electron chi connectivity index (χ3n) is 12.2. The number of nitrogen functional groups attached to an aromatic ring is 2. The van der Waals surface area contributed by atoms with E-state index in [1.165, 1.54) is 63.4 Å². The number of halogens is 6. The lowest BCUT2D eigenvalue weighted by Crippen LogP contribution is -2.49. The van der Waals surface area contributed by atoms with Crippen LogP contribution in [0, 0.1) is 0 Å². The zero-order chi connectivity index (χ0) is 54.1. The first-order valence-corrected chi connectivity index (χ1v) is 22.1. The molecule has 3 aliphatic rings. The SMILES string of the molecule is CC[C@@]1(F)O[C@@H](n2ccc(=O)[nH]c2=O)[C@](C)(OC(=O)c2ccccc2)[C@@H]1F.CC[C@@]1(F)O[C@@H](n2ccc(N)nc2=O)[C@](C)(OC(=O)c2ccccc2)[C@@H]1F.C[C@]1(O)[C@H](n2ccc(N)nc2=O)O[C@](F)(CO)[C@H]1F. The first kappa shape index (κ1) is 55.1. The number of nitrogens with one attached hydrogen (secondary N) is 1. The van der Waals surface area contributed by atoms with E-state index < -0.39 is 113 Å². The molecule has 3 aliphatic heterocycles. The molecule has 0 unspecified atom stereocenters. The molecule has 3 fully saturated rings. The maximum Gasteiger partial charge on any atom is 0.351 e. The van der Waals surface area contributed by atoms with Crippen LogP contribution < -0.4 is 34.1 Å². The van der Waals surface area contributed by atoms with Gasteiger partial charge in [-0.05, 0) is 57.2 Å². The van der Waals surface area contributed by atoms with Crippen LogP contribution in [0.5, 0.6) is 0 Å². The van der Waals surface area contributed by atoms with Crippen molar-refractivity contribution in [1.29, 1.82) is 0 Å². The van der Waals surface area contributed by atoms with Crippen LogP contribution in [-0.2, 0) is 23.7 Å². The smallest absolute Gasteiger partial charge is 0.351 e. The normalized spacial score (nSPS) is 32.4. The minimum absolute atomic E-state index is 0.0592. The Hall–Kier alpha value is -7.20. The predicted octanol–water partition coefficient (Wildman–Crippen LogP) is 3.58. The van der Waals surface area contributed by atoms with Crippen LogP contribution in [0.25, 0.3) is 0 Å². The molecule has 3 saturated heterocycles. The van der Waals surface area contributed by atoms with Crippen LogP contribution in [-0.4, -0.2) is 110 Å². The zero-order valence-corrected chi connectivity index (χ0v) is 39.4. The highest BCUT2D eigenvalue weighted by Crippen LogP contribution is 2.52. The largest absolute Gasteiger partial charge is 0.448 e. The first-order chi connectivity index (χ1) is 34.1. The van der Waals surface area contributed by atoms with Gasteiger partial charge in [-0.1, -0.05) is 50.2 Å². The summed E-state index contributed by atoms with van der Waals surface area (Å²) >= 11 is 0. The highest BCUT2D eigenvalue weighted by Gasteiger charge is 2.68. The molecule has 6 heterocycles. The number of aromatic nitrogens is 6. The van der Waals surface area contributed by atoms with Gasteiger partial charge < -0.3 is 45.4 Å². The summed E-state index contributed by atoms with van der Waals surface area (Å²) in [4.78, 5) is 81.0. The number of alkyl halides is 6. The van der Waals surface area contributed by atoms with Crippen LogP contribution in [0.15, 0.2) is 117 Å². The Kier molecular flexibility index (Phi) is 15.7. The second-order valence-electron chi connectivity index (χ2n) is 17.4. The number of hydrogen-bond acceptors (Lipinski definition) is 17. The minimum atomic E-state index is -3.09. The summed E-state index contributed by atoms with van der Waals surface area (Å²) in [5, 5.41) is 18.8. The summed E-state index contributed by atoms with van der Waals surface area (Å²) in [5.41, 5.74) is 0.976. The zero-order valence-electron chi connectivity index (χ0n) is 39.4. The van der Waals surface area contributed by atoms with Crippen molar-refractivity contribution < 1.29 is 69.8 Å². The maximum absolute atomic E-state index is 15.1. The van der Waals surface area contributed by atoms with Gasteiger partial charge in [-0.25, -0.2) is 50.3 Å². The number of aliphatic hydroxyl groups is 2. The molecule has 0 aliphatic carbocycles. The number of aliphatic hydroxyl groups excluding tert-OH is 1. The van der Waals surface area contributed by atoms with Crippen molar-refractivity contribution in [1.82, 2.24) is 28.7 Å². The molecule has 73 heavy (non-hydrogen) atoms. The molecule has 0 radical (unpaired) electrons. The van der Waals surface area contributed by atoms with Crippen LogP contribution in [0.4, 0.5) is 38.0 Å². The third kappa shape index (κ3) is 10.5. The minimum Gasteiger partial charge on any atom is -0.448 e. The summed E-state index contributed by atoms with van der Waals surface area (Å²) in [6, 6.07) is 19.1. The number of esters is 2. The van der Waals surface area contributed by atoms with Crippen molar-refractivity contribution in [3.8, 4) is 0 Å². The summed E-state index contributed by atoms with van der Waals surface area (Å²) in [6.07, 6.45) is -9.48. The molecule has 0 bridgehead atoms. The van der Waals surface area contributed by atoms with Crippen molar-refractivity contribution in [2.24, 2.45) is 0 Å². The van der Waals surface area contributed by atoms with Crippen molar-refractivity contribution in [3.63, 3.8) is 0 Å². The Morgan fingerprint density at radius 3 is 1.38 bits per heavy atom. The molecule has 394 valence electrons. The number of aromatic amines is 1. The average molecular weight is 1040 g/mol. The van der Waals surface area contributed by atoms with Gasteiger partial charge in [0.2, 0.25) is 24.1 Å². The number of carbonyl (C=O) groups is 2. The Labute approximate surface area is 408 Å². The number of nitrogens with two attached hydrogens (primary N) is 2. The lowest BCUT2D eigenvalue weighted by Gasteiger charge is -2.31. The van der Waals surface area contributed by atoms with Gasteiger partial charge in [0, 0.05) is 37.5 Å². The van der Waals surface area contributed by atoms with Gasteiger partial charge >= 0.3 is 29.0 Å². The predicted molar refractivity (Wildman–Crippen MR) is 243 cm³/mol. The van der Waals surface area contributed by atoms with Gasteiger partial charge in [0.25, 0.3) is 11.4 Å². The van der Waals surface area contributed by atoms with Gasteiger partial charge in [-0.3, -0.25) is 23.5 Å². The van der Waals surface area contributed by atoms with Crippen molar-refractivity contribution in [3.05, 3.63) is 150 Å². The Bertz CT molecular complexity index is 3050. The molecule has 0 spiro atoms. The van der Waals surface area contributed by atoms with E-state index in [9.17, 15) is 51.4 Å². The number of ether oxygens (including phenoxy) is 5. The number of rotatable bonds is 10. The Morgan fingerprint density at radius 2 is 1.01 bits per heavy atom. The molecule has 27 heteroatoms. The number of benzene rings is 2. The van der Waals surface area contributed by atoms with Gasteiger partial charge in [-0.2, -0.15) is 9.97 Å². The molecule has 0 saturated carbocycles. The fourth-order valence-electron chi connectivity index (χ4n) is 8.09. The van der Waals surface area contributed by atoms with Crippen LogP contribution in [0.1, 0.15) is 86.9 Å². The van der Waals surface area contributed by atoms with Gasteiger partial charge in [0.05, 0.1) is 11.1 Å². The lowest BCUT2D eigenvalue weighted by atomic mass is 9.94. The quantitative estimate of drug-likeness (QED) is 0.0986. The second kappa shape index (κ2) is 20.7. The van der Waals surface area contributed by atoms with Crippen molar-refractivity contribution in [2.45, 2.75) is 119 Å². The van der Waals surface area contributed by atoms with E-state index in [-0.39, 0.29) is 35.6 Å². The topological polar surface area (TPSA) is 297 Å². The molecule has 2 aromatic carbocycles. The molecule has 3 aromatic heterocycles. The van der Waals surface area contributed by atoms with Crippen molar-refractivity contribution >= 4 is 23.6 Å². The Morgan fingerprint density at radius 1 is 0.630 bits per heavy atom. The van der Waals surface area contributed by atoms with E-state index in [1.807, 2.05) is 4.98 Å². The lowest BCUT2D eigenvalue weighted by molar-refractivity contribution is -0.197. The van der Waals surface area contributed by atoms with E-state index >= 15 is 8.78 Å². The van der Waals surface area contributed by atoms with E-state index in [0.29, 0.717) is 4.57 Å². The number of anilines is 2. The highest BCUT2D eigenvalue weighted by atomic mass is 19.2. The summed E-state index contributed by atoms with van der Waals surface area (Å²) in [5.74, 6) is -10.5. The van der Waals surface area contributed by atoms with E-state index in [0.717, 1.165) is 41.4 Å². The summed E-state index contributed by atoms with van der Waals surface area (Å²) in [6.45, 7) is 4.75. The molecule has 5 aromatic rings. The molecular weight excluding hydrogens is 987 g/mol. The fraction of sp³-hybridized carbons (Fsp3) is 0.435. The molecular formula is C46H50F6N8O13. The Balaban J connectivity index is 0.000000182. The molecule has 0 amide bonds. The van der Waals surface area contributed by atoms with E-state index in [4.69, 9.17) is 35.5 Å². The number of nitrogens with zero attached hydrogens (tertiary/aromatic N) is 5.